The first-order chi connectivity index (χ1) is 15.5. The topological polar surface area (TPSA) is 125 Å². The molecule has 4 heterocycles. The largest absolute Gasteiger partial charge is 0.381 e. The lowest BCUT2D eigenvalue weighted by Gasteiger charge is -2.35. The van der Waals surface area contributed by atoms with Crippen LogP contribution in [-0.2, 0) is 12.1 Å². The molecule has 0 aliphatic heterocycles. The maximum Gasteiger partial charge on any atom is 0.186 e. The molecule has 0 bridgehead atoms. The van der Waals surface area contributed by atoms with Crippen molar-refractivity contribution in [2.75, 3.05) is 0 Å². The lowest BCUT2D eigenvalue weighted by molar-refractivity contribution is -0.0320. The van der Waals surface area contributed by atoms with E-state index >= 15 is 0 Å². The van der Waals surface area contributed by atoms with Crippen molar-refractivity contribution < 1.29 is 13.9 Å². The Bertz CT molecular complexity index is 1370. The normalized spacial score (nSPS) is 14.5. The summed E-state index contributed by atoms with van der Waals surface area (Å²) in [6, 6.07) is 2.22. The van der Waals surface area contributed by atoms with Crippen LogP contribution in [0.15, 0.2) is 56.2 Å². The number of hydrogen-bond donors (Lipinski definition) is 1. The van der Waals surface area contributed by atoms with Gasteiger partial charge in [-0.1, -0.05) is 6.07 Å². The number of imidazole rings is 1. The van der Waals surface area contributed by atoms with Crippen LogP contribution in [0.1, 0.15) is 18.5 Å². The lowest BCUT2D eigenvalue weighted by Crippen LogP contribution is -2.40. The summed E-state index contributed by atoms with van der Waals surface area (Å²) in [6.45, 7) is 1.52. The van der Waals surface area contributed by atoms with E-state index in [0.29, 0.717) is 17.0 Å². The average Bonchev–Trinajstić information content (AvgIpc) is 3.54. The van der Waals surface area contributed by atoms with Crippen LogP contribution < -0.4 is 0 Å². The highest BCUT2D eigenvalue weighted by Gasteiger charge is 2.41. The third kappa shape index (κ3) is 3.19. The van der Waals surface area contributed by atoms with Gasteiger partial charge in [0.05, 0.1) is 18.9 Å². The highest BCUT2D eigenvalue weighted by atomic mass is 19.1. The Labute approximate surface area is 179 Å². The van der Waals surface area contributed by atoms with E-state index in [9.17, 15) is 13.9 Å². The number of halogens is 2. The maximum absolute atomic E-state index is 14.8. The zero-order valence-corrected chi connectivity index (χ0v) is 16.7. The molecule has 11 nitrogen and oxygen atoms in total. The van der Waals surface area contributed by atoms with E-state index in [2.05, 4.69) is 35.1 Å². The molecule has 1 aromatic carbocycles. The van der Waals surface area contributed by atoms with Gasteiger partial charge in [-0.3, -0.25) is 0 Å². The van der Waals surface area contributed by atoms with Gasteiger partial charge in [-0.2, -0.15) is 10.2 Å². The highest BCUT2D eigenvalue weighted by molar-refractivity contribution is 5.78. The van der Waals surface area contributed by atoms with Gasteiger partial charge in [0, 0.05) is 11.6 Å². The first-order valence-electron chi connectivity index (χ1n) is 9.50. The van der Waals surface area contributed by atoms with Crippen LogP contribution in [-0.4, -0.2) is 54.2 Å². The van der Waals surface area contributed by atoms with Gasteiger partial charge in [0.2, 0.25) is 0 Å². The summed E-state index contributed by atoms with van der Waals surface area (Å²) in [4.78, 5) is 20.7. The first kappa shape index (κ1) is 19.8. The van der Waals surface area contributed by atoms with Gasteiger partial charge in [0.25, 0.3) is 0 Å². The van der Waals surface area contributed by atoms with E-state index in [1.165, 1.54) is 53.4 Å². The summed E-state index contributed by atoms with van der Waals surface area (Å²) in [5.41, 5.74) is -1.17. The molecular formula is C19H16F2N10O. The predicted molar refractivity (Wildman–Crippen MR) is 105 cm³/mol. The Morgan fingerprint density at radius 1 is 1.00 bits per heavy atom. The van der Waals surface area contributed by atoms with Crippen LogP contribution in [0, 0.1) is 11.6 Å². The van der Waals surface area contributed by atoms with Gasteiger partial charge in [0.1, 0.15) is 48.9 Å². The van der Waals surface area contributed by atoms with Crippen molar-refractivity contribution >= 4 is 11.2 Å². The van der Waals surface area contributed by atoms with E-state index in [0.717, 1.165) is 12.1 Å². The smallest absolute Gasteiger partial charge is 0.186 e. The minimum atomic E-state index is -1.86. The summed E-state index contributed by atoms with van der Waals surface area (Å²) in [5.74, 6) is -1.24. The van der Waals surface area contributed by atoms with Crippen LogP contribution in [0.4, 0.5) is 8.78 Å². The molecule has 0 aliphatic carbocycles. The summed E-state index contributed by atoms with van der Waals surface area (Å²) >= 11 is 0. The van der Waals surface area contributed by atoms with Crippen molar-refractivity contribution in [1.29, 1.82) is 0 Å². The monoisotopic (exact) mass is 438 g/mol. The van der Waals surface area contributed by atoms with Crippen LogP contribution in [0.3, 0.4) is 0 Å². The van der Waals surface area contributed by atoms with E-state index in [4.69, 9.17) is 0 Å². The fraction of sp³-hybridized carbons (Fsp3) is 0.211. The van der Waals surface area contributed by atoms with Crippen molar-refractivity contribution in [3.8, 4) is 5.82 Å². The van der Waals surface area contributed by atoms with Crippen molar-refractivity contribution in [2.24, 2.45) is 0 Å². The molecule has 0 saturated carbocycles. The van der Waals surface area contributed by atoms with E-state index in [1.54, 1.807) is 11.5 Å². The molecular weight excluding hydrogens is 422 g/mol. The number of fused-ring (bicyclic) bond motifs is 1. The Kier molecular flexibility index (Phi) is 4.66. The third-order valence-corrected chi connectivity index (χ3v) is 5.35. The molecule has 0 unspecified atom stereocenters. The van der Waals surface area contributed by atoms with Gasteiger partial charge < -0.3 is 9.67 Å². The van der Waals surface area contributed by atoms with Crippen LogP contribution in [0.25, 0.3) is 17.0 Å². The quantitative estimate of drug-likeness (QED) is 0.422. The zero-order chi connectivity index (χ0) is 22.3. The molecule has 5 rings (SSSR count). The number of aliphatic hydroxyl groups is 1. The SMILES string of the molecule is C[C@@H](n1cnc2c(-n3cncn3)ncnc21)[C@](O)(Cn1cncn1)c1ccc(F)cc1F. The van der Waals surface area contributed by atoms with Gasteiger partial charge in [-0.25, -0.2) is 43.1 Å². The average molecular weight is 438 g/mol. The third-order valence-electron chi connectivity index (χ3n) is 5.35. The molecule has 0 spiro atoms. The van der Waals surface area contributed by atoms with Gasteiger partial charge >= 0.3 is 0 Å². The second-order valence-corrected chi connectivity index (χ2v) is 7.18. The summed E-state index contributed by atoms with van der Waals surface area (Å²) in [6.07, 6.45) is 8.34. The molecule has 0 saturated heterocycles. The zero-order valence-electron chi connectivity index (χ0n) is 16.7. The van der Waals surface area contributed by atoms with Crippen molar-refractivity contribution in [3.05, 3.63) is 73.4 Å². The molecule has 0 aliphatic rings. The van der Waals surface area contributed by atoms with E-state index < -0.39 is 23.3 Å². The second kappa shape index (κ2) is 7.53. The van der Waals surface area contributed by atoms with Crippen LogP contribution >= 0.6 is 0 Å². The Balaban J connectivity index is 1.65. The Morgan fingerprint density at radius 3 is 2.53 bits per heavy atom. The number of benzene rings is 1. The summed E-state index contributed by atoms with van der Waals surface area (Å²) in [7, 11) is 0. The standard InChI is InChI=1S/C19H16F2N10O/c1-12(30-11-26-16-17(30)24-8-25-18(16)31-10-23-7-28-31)19(32,5-29-9-22-6-27-29)14-3-2-13(20)4-15(14)21/h2-4,6-12,32H,5H2,1H3/t12-,19-/m1/s1. The Hall–Kier alpha value is -4.13. The van der Waals surface area contributed by atoms with E-state index in [-0.39, 0.29) is 12.1 Å². The molecule has 4 aromatic heterocycles. The molecule has 2 atom stereocenters. The molecule has 0 radical (unpaired) electrons. The second-order valence-electron chi connectivity index (χ2n) is 7.18. The minimum Gasteiger partial charge on any atom is -0.381 e. The van der Waals surface area contributed by atoms with E-state index in [1.807, 2.05) is 0 Å². The maximum atomic E-state index is 14.8. The van der Waals surface area contributed by atoms with Crippen molar-refractivity contribution in [1.82, 2.24) is 49.0 Å². The molecule has 5 aromatic rings. The number of aromatic nitrogens is 10. The summed E-state index contributed by atoms with van der Waals surface area (Å²) in [5, 5.41) is 19.9. The highest BCUT2D eigenvalue weighted by Crippen LogP contribution is 2.38. The lowest BCUT2D eigenvalue weighted by atomic mass is 9.86. The van der Waals surface area contributed by atoms with Gasteiger partial charge in [-0.05, 0) is 13.0 Å². The predicted octanol–water partition coefficient (Wildman–Crippen LogP) is 1.43. The number of nitrogens with zero attached hydrogens (tertiary/aromatic N) is 10. The molecule has 0 amide bonds. The summed E-state index contributed by atoms with van der Waals surface area (Å²) < 4.78 is 32.8. The number of hydrogen-bond acceptors (Lipinski definition) is 8. The van der Waals surface area contributed by atoms with Gasteiger partial charge in [0.15, 0.2) is 17.0 Å². The first-order valence-corrected chi connectivity index (χ1v) is 9.50. The fourth-order valence-corrected chi connectivity index (χ4v) is 3.68. The molecule has 13 heteroatoms. The van der Waals surface area contributed by atoms with Gasteiger partial charge in [-0.15, -0.1) is 0 Å². The van der Waals surface area contributed by atoms with Crippen LogP contribution in [0.2, 0.25) is 0 Å². The Morgan fingerprint density at radius 2 is 1.81 bits per heavy atom. The fourth-order valence-electron chi connectivity index (χ4n) is 3.68. The molecule has 162 valence electrons. The minimum absolute atomic E-state index is 0.102. The number of rotatable bonds is 6. The molecule has 32 heavy (non-hydrogen) atoms. The van der Waals surface area contributed by atoms with Crippen LogP contribution in [0.5, 0.6) is 0 Å². The van der Waals surface area contributed by atoms with Crippen molar-refractivity contribution in [2.45, 2.75) is 25.1 Å². The van der Waals surface area contributed by atoms with Crippen molar-refractivity contribution in [3.63, 3.8) is 0 Å². The molecule has 0 fully saturated rings. The molecule has 1 N–H and O–H groups in total.